The lowest BCUT2D eigenvalue weighted by molar-refractivity contribution is -0.202. The summed E-state index contributed by atoms with van der Waals surface area (Å²) in [7, 11) is 0.521. The van der Waals surface area contributed by atoms with Crippen molar-refractivity contribution >= 4 is 14.6 Å². The largest absolute Gasteiger partial charge is 0.435 e. The SMILES string of the molecule is CPC(C)(CC(C)(C)C)C(=O)OC(CC(C)(C)C)OC1CCCCC1. The maximum absolute atomic E-state index is 13.0. The molecule has 25 heavy (non-hydrogen) atoms. The third-order valence-corrected chi connectivity index (χ3v) is 6.28. The molecule has 0 aromatic heterocycles. The number of ether oxygens (including phenoxy) is 2. The average Bonchev–Trinajstić information content (AvgIpc) is 2.44. The van der Waals surface area contributed by atoms with Crippen molar-refractivity contribution in [1.29, 1.82) is 0 Å². The Hall–Kier alpha value is -0.140. The number of carbonyl (C=O) groups excluding carboxylic acids is 1. The molecular formula is C21H41O3P. The second-order valence-electron chi connectivity index (χ2n) is 10.3. The summed E-state index contributed by atoms with van der Waals surface area (Å²) in [6.45, 7) is 17.2. The summed E-state index contributed by atoms with van der Waals surface area (Å²) in [5.74, 6) is -0.0895. The van der Waals surface area contributed by atoms with Crippen LogP contribution in [0.4, 0.5) is 0 Å². The molecule has 0 N–H and O–H groups in total. The zero-order chi connectivity index (χ0) is 19.3. The zero-order valence-electron chi connectivity index (χ0n) is 17.8. The Morgan fingerprint density at radius 2 is 1.56 bits per heavy atom. The average molecular weight is 373 g/mol. The molecule has 0 amide bonds. The van der Waals surface area contributed by atoms with Crippen molar-refractivity contribution in [2.45, 2.75) is 111 Å². The van der Waals surface area contributed by atoms with Crippen molar-refractivity contribution in [2.75, 3.05) is 6.66 Å². The molecule has 3 nitrogen and oxygen atoms in total. The van der Waals surface area contributed by atoms with Crippen LogP contribution in [0.25, 0.3) is 0 Å². The minimum Gasteiger partial charge on any atom is -0.435 e. The third-order valence-electron chi connectivity index (χ3n) is 4.80. The van der Waals surface area contributed by atoms with Crippen LogP contribution < -0.4 is 0 Å². The molecule has 1 aliphatic rings. The third kappa shape index (κ3) is 8.87. The Bertz CT molecular complexity index is 416. The molecule has 0 radical (unpaired) electrons. The number of hydrogen-bond donors (Lipinski definition) is 0. The number of esters is 1. The minimum absolute atomic E-state index is 0.0640. The van der Waals surface area contributed by atoms with Crippen molar-refractivity contribution in [2.24, 2.45) is 10.8 Å². The van der Waals surface area contributed by atoms with Gasteiger partial charge >= 0.3 is 5.97 Å². The van der Waals surface area contributed by atoms with Crippen LogP contribution in [0.5, 0.6) is 0 Å². The summed E-state index contributed by atoms with van der Waals surface area (Å²) in [5, 5.41) is -0.426. The first-order valence-electron chi connectivity index (χ1n) is 9.90. The molecule has 1 aliphatic carbocycles. The summed E-state index contributed by atoms with van der Waals surface area (Å²) in [6.07, 6.45) is 7.31. The van der Waals surface area contributed by atoms with E-state index in [1.54, 1.807) is 0 Å². The van der Waals surface area contributed by atoms with Gasteiger partial charge in [-0.15, -0.1) is 8.58 Å². The smallest absolute Gasteiger partial charge is 0.318 e. The van der Waals surface area contributed by atoms with Gasteiger partial charge in [0, 0.05) is 6.42 Å². The van der Waals surface area contributed by atoms with Crippen molar-refractivity contribution in [3.8, 4) is 0 Å². The summed E-state index contributed by atoms with van der Waals surface area (Å²) in [6, 6.07) is 0. The molecule has 1 fully saturated rings. The Kier molecular flexibility index (Phi) is 8.41. The molecule has 3 atom stereocenters. The van der Waals surface area contributed by atoms with Crippen molar-refractivity contribution in [3.63, 3.8) is 0 Å². The summed E-state index contributed by atoms with van der Waals surface area (Å²) >= 11 is 0. The van der Waals surface area contributed by atoms with E-state index in [4.69, 9.17) is 9.47 Å². The first-order valence-corrected chi connectivity index (χ1v) is 11.4. The van der Waals surface area contributed by atoms with Crippen LogP contribution in [-0.4, -0.2) is 30.2 Å². The molecule has 0 aliphatic heterocycles. The van der Waals surface area contributed by atoms with Crippen LogP contribution in [0.3, 0.4) is 0 Å². The molecule has 0 bridgehead atoms. The highest BCUT2D eigenvalue weighted by Gasteiger charge is 2.39. The monoisotopic (exact) mass is 372 g/mol. The molecule has 4 heteroatoms. The molecule has 0 saturated heterocycles. The van der Waals surface area contributed by atoms with Gasteiger partial charge in [-0.2, -0.15) is 0 Å². The van der Waals surface area contributed by atoms with E-state index >= 15 is 0 Å². The van der Waals surface area contributed by atoms with E-state index in [9.17, 15) is 4.79 Å². The van der Waals surface area contributed by atoms with E-state index in [1.165, 1.54) is 19.3 Å². The summed E-state index contributed by atoms with van der Waals surface area (Å²) in [4.78, 5) is 13.0. The second-order valence-corrected chi connectivity index (χ2v) is 11.9. The van der Waals surface area contributed by atoms with Gasteiger partial charge in [-0.05, 0) is 43.7 Å². The van der Waals surface area contributed by atoms with E-state index in [0.717, 1.165) is 25.7 Å². The molecule has 1 rings (SSSR count). The standard InChI is InChI=1S/C21H41O3P/c1-19(2,3)14-17(23-16-12-10-9-11-13-16)24-18(22)21(7,25-8)15-20(4,5)6/h16-17,25H,9-15H2,1-8H3. The van der Waals surface area contributed by atoms with Crippen LogP contribution in [0.1, 0.15) is 93.4 Å². The normalized spacial score (nSPS) is 21.3. The topological polar surface area (TPSA) is 35.5 Å². The van der Waals surface area contributed by atoms with Crippen LogP contribution in [0, 0.1) is 10.8 Å². The molecule has 0 spiro atoms. The minimum atomic E-state index is -0.426. The lowest BCUT2D eigenvalue weighted by Gasteiger charge is -2.36. The van der Waals surface area contributed by atoms with E-state index in [0.29, 0.717) is 8.58 Å². The van der Waals surface area contributed by atoms with E-state index in [-0.39, 0.29) is 22.9 Å². The summed E-state index contributed by atoms with van der Waals surface area (Å²) in [5.41, 5.74) is 0.162. The molecule has 0 heterocycles. The fraction of sp³-hybridized carbons (Fsp3) is 0.952. The lowest BCUT2D eigenvalue weighted by Crippen LogP contribution is -2.41. The van der Waals surface area contributed by atoms with Gasteiger partial charge in [-0.3, -0.25) is 4.79 Å². The fourth-order valence-corrected chi connectivity index (χ4v) is 4.58. The first kappa shape index (κ1) is 22.9. The Balaban J connectivity index is 2.81. The quantitative estimate of drug-likeness (QED) is 0.306. The maximum Gasteiger partial charge on any atom is 0.318 e. The van der Waals surface area contributed by atoms with Gasteiger partial charge in [0.1, 0.15) is 0 Å². The Labute approximate surface area is 157 Å². The molecule has 3 unspecified atom stereocenters. The van der Waals surface area contributed by atoms with Crippen molar-refractivity contribution in [3.05, 3.63) is 0 Å². The van der Waals surface area contributed by atoms with Gasteiger partial charge in [0.2, 0.25) is 6.29 Å². The van der Waals surface area contributed by atoms with Crippen LogP contribution in [0.15, 0.2) is 0 Å². The number of carbonyl (C=O) groups is 1. The predicted octanol–water partition coefficient (Wildman–Crippen LogP) is 6.14. The first-order chi connectivity index (χ1) is 11.3. The van der Waals surface area contributed by atoms with Gasteiger partial charge in [-0.25, -0.2) is 0 Å². The van der Waals surface area contributed by atoms with Crippen LogP contribution >= 0.6 is 8.58 Å². The lowest BCUT2D eigenvalue weighted by atomic mass is 9.85. The van der Waals surface area contributed by atoms with Crippen LogP contribution in [0.2, 0.25) is 0 Å². The van der Waals surface area contributed by atoms with Gasteiger partial charge in [0.15, 0.2) is 0 Å². The molecule has 0 aromatic carbocycles. The van der Waals surface area contributed by atoms with Gasteiger partial charge in [0.25, 0.3) is 0 Å². The van der Waals surface area contributed by atoms with Crippen molar-refractivity contribution < 1.29 is 14.3 Å². The highest BCUT2D eigenvalue weighted by Crippen LogP contribution is 2.41. The van der Waals surface area contributed by atoms with Crippen LogP contribution in [-0.2, 0) is 14.3 Å². The van der Waals surface area contributed by atoms with E-state index in [1.807, 2.05) is 6.92 Å². The second kappa shape index (κ2) is 9.18. The van der Waals surface area contributed by atoms with Crippen molar-refractivity contribution in [1.82, 2.24) is 0 Å². The number of hydrogen-bond acceptors (Lipinski definition) is 3. The van der Waals surface area contributed by atoms with E-state index in [2.05, 4.69) is 48.2 Å². The highest BCUT2D eigenvalue weighted by atomic mass is 31.1. The molecule has 1 saturated carbocycles. The van der Waals surface area contributed by atoms with Gasteiger partial charge < -0.3 is 9.47 Å². The fourth-order valence-electron chi connectivity index (χ4n) is 3.61. The molecule has 0 aromatic rings. The molecular weight excluding hydrogens is 331 g/mol. The Morgan fingerprint density at radius 1 is 1.00 bits per heavy atom. The number of rotatable bonds is 7. The summed E-state index contributed by atoms with van der Waals surface area (Å²) < 4.78 is 12.2. The highest BCUT2D eigenvalue weighted by molar-refractivity contribution is 7.40. The van der Waals surface area contributed by atoms with Gasteiger partial charge in [0.05, 0.1) is 11.3 Å². The molecule has 148 valence electrons. The van der Waals surface area contributed by atoms with Gasteiger partial charge in [-0.1, -0.05) is 60.8 Å². The maximum atomic E-state index is 13.0. The Morgan fingerprint density at radius 3 is 2.00 bits per heavy atom. The zero-order valence-corrected chi connectivity index (χ0v) is 18.8. The predicted molar refractivity (Wildman–Crippen MR) is 109 cm³/mol. The van der Waals surface area contributed by atoms with E-state index < -0.39 is 11.4 Å².